The molecular formula is C11H13N5O2. The quantitative estimate of drug-likeness (QED) is 0.824. The molecule has 3 heterocycles. The molecule has 0 radical (unpaired) electrons. The fraction of sp³-hybridized carbons (Fsp3) is 0.455. The zero-order chi connectivity index (χ0) is 12.7. The van der Waals surface area contributed by atoms with Gasteiger partial charge in [0.05, 0.1) is 5.92 Å². The Balaban J connectivity index is 1.99. The molecule has 94 valence electrons. The Hall–Kier alpha value is -2.18. The van der Waals surface area contributed by atoms with Gasteiger partial charge in [0.2, 0.25) is 0 Å². The van der Waals surface area contributed by atoms with Gasteiger partial charge in [-0.2, -0.15) is 14.6 Å². The molecule has 1 unspecified atom stereocenters. The topological polar surface area (TPSA) is 83.6 Å². The molecule has 2 aromatic heterocycles. The van der Waals surface area contributed by atoms with E-state index < -0.39 is 5.97 Å². The van der Waals surface area contributed by atoms with Crippen LogP contribution in [0.4, 0.5) is 5.82 Å². The lowest BCUT2D eigenvalue weighted by Crippen LogP contribution is -2.25. The zero-order valence-corrected chi connectivity index (χ0v) is 9.94. The second kappa shape index (κ2) is 3.94. The van der Waals surface area contributed by atoms with Crippen LogP contribution in [0, 0.1) is 12.8 Å². The number of nitrogens with zero attached hydrogens (tertiary/aromatic N) is 5. The number of rotatable bonds is 2. The van der Waals surface area contributed by atoms with Crippen molar-refractivity contribution < 1.29 is 9.90 Å². The summed E-state index contributed by atoms with van der Waals surface area (Å²) in [6.07, 6.45) is 2.11. The number of carbonyl (C=O) groups is 1. The molecule has 0 aromatic carbocycles. The number of hydrogen-bond donors (Lipinski definition) is 1. The molecule has 18 heavy (non-hydrogen) atoms. The van der Waals surface area contributed by atoms with Gasteiger partial charge in [-0.3, -0.25) is 4.79 Å². The van der Waals surface area contributed by atoms with Gasteiger partial charge in [-0.15, -0.1) is 0 Å². The summed E-state index contributed by atoms with van der Waals surface area (Å²) in [5, 5.41) is 13.2. The van der Waals surface area contributed by atoms with Crippen molar-refractivity contribution in [2.45, 2.75) is 13.3 Å². The van der Waals surface area contributed by atoms with Gasteiger partial charge in [0.1, 0.15) is 12.1 Å². The summed E-state index contributed by atoms with van der Waals surface area (Å²) in [5.74, 6) is 0.359. The standard InChI is InChI=1S/C11H13N5O2/c1-7-4-9(16-11(14-7)12-6-13-16)15-3-2-8(5-15)10(17)18/h4,6,8H,2-3,5H2,1H3,(H,17,18). The van der Waals surface area contributed by atoms with Crippen molar-refractivity contribution in [3.05, 3.63) is 18.1 Å². The van der Waals surface area contributed by atoms with E-state index in [0.717, 1.165) is 18.1 Å². The van der Waals surface area contributed by atoms with Gasteiger partial charge in [-0.1, -0.05) is 0 Å². The minimum atomic E-state index is -0.738. The molecule has 0 aliphatic carbocycles. The SMILES string of the molecule is Cc1cc(N2CCC(C(=O)O)C2)n2ncnc2n1. The summed E-state index contributed by atoms with van der Waals surface area (Å²) in [5.41, 5.74) is 0.851. The van der Waals surface area contributed by atoms with E-state index in [1.54, 1.807) is 4.52 Å². The summed E-state index contributed by atoms with van der Waals surface area (Å²) in [6, 6.07) is 1.91. The highest BCUT2D eigenvalue weighted by molar-refractivity contribution is 5.72. The van der Waals surface area contributed by atoms with E-state index in [2.05, 4.69) is 15.1 Å². The number of aromatic nitrogens is 4. The molecule has 0 spiro atoms. The molecule has 2 aromatic rings. The number of carboxylic acid groups (broad SMARTS) is 1. The van der Waals surface area contributed by atoms with Crippen molar-refractivity contribution >= 4 is 17.6 Å². The van der Waals surface area contributed by atoms with Crippen molar-refractivity contribution in [2.75, 3.05) is 18.0 Å². The average molecular weight is 247 g/mol. The molecule has 0 saturated carbocycles. The molecule has 1 fully saturated rings. The second-order valence-corrected chi connectivity index (χ2v) is 4.50. The number of anilines is 1. The van der Waals surface area contributed by atoms with Crippen LogP contribution in [-0.4, -0.2) is 43.7 Å². The van der Waals surface area contributed by atoms with Gasteiger partial charge in [-0.05, 0) is 13.3 Å². The van der Waals surface area contributed by atoms with Crippen LogP contribution in [0.25, 0.3) is 5.78 Å². The number of carboxylic acids is 1. The van der Waals surface area contributed by atoms with E-state index in [1.165, 1.54) is 6.33 Å². The Kier molecular flexibility index (Phi) is 2.39. The number of hydrogen-bond acceptors (Lipinski definition) is 5. The summed E-state index contributed by atoms with van der Waals surface area (Å²) >= 11 is 0. The van der Waals surface area contributed by atoms with Crippen molar-refractivity contribution in [2.24, 2.45) is 5.92 Å². The third kappa shape index (κ3) is 1.68. The maximum atomic E-state index is 11.0. The Morgan fingerprint density at radius 1 is 1.56 bits per heavy atom. The second-order valence-electron chi connectivity index (χ2n) is 4.50. The van der Waals surface area contributed by atoms with E-state index in [-0.39, 0.29) is 5.92 Å². The van der Waals surface area contributed by atoms with E-state index in [9.17, 15) is 4.79 Å². The highest BCUT2D eigenvalue weighted by atomic mass is 16.4. The normalized spacial score (nSPS) is 19.6. The van der Waals surface area contributed by atoms with E-state index in [0.29, 0.717) is 18.7 Å². The zero-order valence-electron chi connectivity index (χ0n) is 9.94. The number of fused-ring (bicyclic) bond motifs is 1. The first-order valence-corrected chi connectivity index (χ1v) is 5.80. The molecule has 7 nitrogen and oxygen atoms in total. The van der Waals surface area contributed by atoms with Crippen molar-refractivity contribution in [3.63, 3.8) is 0 Å². The first kappa shape index (κ1) is 10.9. The van der Waals surface area contributed by atoms with E-state index in [1.807, 2.05) is 17.9 Å². The first-order chi connectivity index (χ1) is 8.65. The van der Waals surface area contributed by atoms with Crippen LogP contribution in [0.5, 0.6) is 0 Å². The Labute approximate surface area is 103 Å². The fourth-order valence-electron chi connectivity index (χ4n) is 2.31. The molecule has 0 amide bonds. The number of aryl methyl sites for hydroxylation is 1. The molecule has 3 rings (SSSR count). The summed E-state index contributed by atoms with van der Waals surface area (Å²) in [7, 11) is 0. The van der Waals surface area contributed by atoms with Gasteiger partial charge in [0.25, 0.3) is 5.78 Å². The van der Waals surface area contributed by atoms with Crippen LogP contribution in [0.2, 0.25) is 0 Å². The third-order valence-corrected chi connectivity index (χ3v) is 3.22. The van der Waals surface area contributed by atoms with Gasteiger partial charge in [0, 0.05) is 24.8 Å². The molecule has 1 aliphatic rings. The molecular weight excluding hydrogens is 234 g/mol. The van der Waals surface area contributed by atoms with E-state index in [4.69, 9.17) is 5.11 Å². The van der Waals surface area contributed by atoms with Crippen LogP contribution in [0.15, 0.2) is 12.4 Å². The van der Waals surface area contributed by atoms with Gasteiger partial charge < -0.3 is 10.0 Å². The van der Waals surface area contributed by atoms with Crippen LogP contribution < -0.4 is 4.90 Å². The maximum Gasteiger partial charge on any atom is 0.308 e. The fourth-order valence-corrected chi connectivity index (χ4v) is 2.31. The van der Waals surface area contributed by atoms with Crippen LogP contribution in [0.3, 0.4) is 0 Å². The molecule has 0 bridgehead atoms. The molecule has 1 saturated heterocycles. The van der Waals surface area contributed by atoms with Gasteiger partial charge in [0.15, 0.2) is 0 Å². The van der Waals surface area contributed by atoms with E-state index >= 15 is 0 Å². The number of aliphatic carboxylic acids is 1. The average Bonchev–Trinajstić information content (AvgIpc) is 2.95. The predicted molar refractivity (Wildman–Crippen MR) is 63.5 cm³/mol. The monoisotopic (exact) mass is 247 g/mol. The lowest BCUT2D eigenvalue weighted by Gasteiger charge is -2.18. The molecule has 7 heteroatoms. The van der Waals surface area contributed by atoms with Crippen molar-refractivity contribution in [1.82, 2.24) is 19.6 Å². The Morgan fingerprint density at radius 2 is 2.39 bits per heavy atom. The lowest BCUT2D eigenvalue weighted by atomic mass is 10.1. The lowest BCUT2D eigenvalue weighted by molar-refractivity contribution is -0.140. The minimum Gasteiger partial charge on any atom is -0.481 e. The smallest absolute Gasteiger partial charge is 0.308 e. The van der Waals surface area contributed by atoms with Gasteiger partial charge in [-0.25, -0.2) is 4.98 Å². The minimum absolute atomic E-state index is 0.308. The summed E-state index contributed by atoms with van der Waals surface area (Å²) < 4.78 is 1.65. The Morgan fingerprint density at radius 3 is 3.11 bits per heavy atom. The third-order valence-electron chi connectivity index (χ3n) is 3.22. The summed E-state index contributed by atoms with van der Waals surface area (Å²) in [4.78, 5) is 21.3. The maximum absolute atomic E-state index is 11.0. The first-order valence-electron chi connectivity index (χ1n) is 5.80. The van der Waals surface area contributed by atoms with Crippen LogP contribution >= 0.6 is 0 Å². The van der Waals surface area contributed by atoms with Crippen molar-refractivity contribution in [1.29, 1.82) is 0 Å². The summed E-state index contributed by atoms with van der Waals surface area (Å²) in [6.45, 7) is 3.12. The molecule has 1 N–H and O–H groups in total. The Bertz CT molecular complexity index is 608. The van der Waals surface area contributed by atoms with Crippen molar-refractivity contribution in [3.8, 4) is 0 Å². The highest BCUT2D eigenvalue weighted by Gasteiger charge is 2.29. The van der Waals surface area contributed by atoms with Gasteiger partial charge >= 0.3 is 5.97 Å². The highest BCUT2D eigenvalue weighted by Crippen LogP contribution is 2.24. The molecule has 1 aliphatic heterocycles. The predicted octanol–water partition coefficient (Wildman–Crippen LogP) is 0.344. The molecule has 1 atom stereocenters. The largest absolute Gasteiger partial charge is 0.481 e. The van der Waals surface area contributed by atoms with Crippen LogP contribution in [-0.2, 0) is 4.79 Å². The van der Waals surface area contributed by atoms with Crippen LogP contribution in [0.1, 0.15) is 12.1 Å².